The van der Waals surface area contributed by atoms with Crippen molar-refractivity contribution in [3.05, 3.63) is 11.8 Å². The number of aliphatic hydroxyl groups is 1. The lowest BCUT2D eigenvalue weighted by molar-refractivity contribution is -0.202. The average Bonchev–Trinajstić information content (AvgIpc) is 1.82. The van der Waals surface area contributed by atoms with E-state index in [-0.39, 0.29) is 6.42 Å². The van der Waals surface area contributed by atoms with Crippen LogP contribution in [0.2, 0.25) is 19.6 Å². The van der Waals surface area contributed by atoms with Gasteiger partial charge >= 0.3 is 6.18 Å². The molecule has 0 spiro atoms. The summed E-state index contributed by atoms with van der Waals surface area (Å²) in [7, 11) is -1.44. The highest BCUT2D eigenvalue weighted by Crippen LogP contribution is 2.22. The van der Waals surface area contributed by atoms with Crippen LogP contribution in [0.4, 0.5) is 13.2 Å². The van der Waals surface area contributed by atoms with E-state index in [0.29, 0.717) is 0 Å². The highest BCUT2D eigenvalue weighted by atomic mass is 28.3. The van der Waals surface area contributed by atoms with Gasteiger partial charge in [-0.05, 0) is 6.42 Å². The van der Waals surface area contributed by atoms with Crippen molar-refractivity contribution >= 4 is 8.07 Å². The Balaban J connectivity index is 3.98. The predicted molar refractivity (Wildman–Crippen MR) is 49.2 cm³/mol. The summed E-state index contributed by atoms with van der Waals surface area (Å²) in [5, 5.41) is 8.62. The van der Waals surface area contributed by atoms with Crippen LogP contribution in [0.25, 0.3) is 0 Å². The minimum Gasteiger partial charge on any atom is -0.383 e. The van der Waals surface area contributed by atoms with Gasteiger partial charge in [0, 0.05) is 0 Å². The fourth-order valence-electron chi connectivity index (χ4n) is 0.684. The van der Waals surface area contributed by atoms with Crippen LogP contribution in [0.15, 0.2) is 11.8 Å². The Bertz CT molecular complexity index is 181. The third-order valence-corrected chi connectivity index (χ3v) is 2.59. The lowest BCUT2D eigenvalue weighted by Gasteiger charge is -2.13. The molecule has 1 nitrogen and oxygen atoms in total. The van der Waals surface area contributed by atoms with E-state index in [0.717, 1.165) is 0 Å². The number of halogens is 3. The topological polar surface area (TPSA) is 20.2 Å². The number of aliphatic hydroxyl groups excluding tert-OH is 1. The summed E-state index contributed by atoms with van der Waals surface area (Å²) in [6.07, 6.45) is -5.64. The van der Waals surface area contributed by atoms with Gasteiger partial charge in [-0.3, -0.25) is 0 Å². The molecular weight excluding hydrogens is 197 g/mol. The van der Waals surface area contributed by atoms with Gasteiger partial charge in [0.2, 0.25) is 0 Å². The third-order valence-electron chi connectivity index (χ3n) is 1.36. The Morgan fingerprint density at radius 1 is 1.31 bits per heavy atom. The van der Waals surface area contributed by atoms with E-state index in [1.165, 1.54) is 6.08 Å². The van der Waals surface area contributed by atoms with Crippen molar-refractivity contribution in [3.8, 4) is 0 Å². The normalized spacial score (nSPS) is 16.5. The van der Waals surface area contributed by atoms with E-state index in [1.54, 1.807) is 5.70 Å². The molecule has 0 rings (SSSR count). The summed E-state index contributed by atoms with van der Waals surface area (Å²) in [6.45, 7) is 6.05. The highest BCUT2D eigenvalue weighted by molar-refractivity contribution is 6.80. The molecule has 0 radical (unpaired) electrons. The molecule has 0 bridgehead atoms. The summed E-state index contributed by atoms with van der Waals surface area (Å²) in [5.41, 5.74) is 1.79. The number of hydrogen-bond donors (Lipinski definition) is 1. The third kappa shape index (κ3) is 6.83. The summed E-state index contributed by atoms with van der Waals surface area (Å²) in [5.74, 6) is 0. The molecule has 0 aromatic carbocycles. The Labute approximate surface area is 77.3 Å². The number of hydrogen-bond acceptors (Lipinski definition) is 1. The Hall–Kier alpha value is -0.293. The molecule has 1 atom stereocenters. The molecule has 0 saturated heterocycles. The van der Waals surface area contributed by atoms with Gasteiger partial charge in [0.25, 0.3) is 0 Å². The maximum Gasteiger partial charge on any atom is 0.414 e. The largest absolute Gasteiger partial charge is 0.414 e. The Morgan fingerprint density at radius 2 is 1.77 bits per heavy atom. The maximum absolute atomic E-state index is 11.8. The first kappa shape index (κ1) is 12.7. The number of rotatable bonds is 3. The first-order valence-corrected chi connectivity index (χ1v) is 7.63. The first-order valence-electron chi connectivity index (χ1n) is 4.05. The molecule has 0 aliphatic heterocycles. The van der Waals surface area contributed by atoms with E-state index in [4.69, 9.17) is 5.11 Å². The van der Waals surface area contributed by atoms with Crippen LogP contribution in [-0.4, -0.2) is 25.5 Å². The SMILES string of the molecule is C[Si](C)(C)/C=C\CC(O)C(F)(F)F. The van der Waals surface area contributed by atoms with Crippen molar-refractivity contribution in [2.24, 2.45) is 0 Å². The first-order chi connectivity index (χ1) is 5.63. The smallest absolute Gasteiger partial charge is 0.383 e. The molecule has 5 heteroatoms. The van der Waals surface area contributed by atoms with Crippen molar-refractivity contribution in [3.63, 3.8) is 0 Å². The zero-order valence-electron chi connectivity index (χ0n) is 8.02. The second kappa shape index (κ2) is 4.28. The van der Waals surface area contributed by atoms with Crippen LogP contribution in [0.5, 0.6) is 0 Å². The molecule has 0 aromatic rings. The van der Waals surface area contributed by atoms with Gasteiger partial charge in [-0.15, -0.1) is 0 Å². The summed E-state index contributed by atoms with van der Waals surface area (Å²) >= 11 is 0. The predicted octanol–water partition coefficient (Wildman–Crippen LogP) is 2.73. The van der Waals surface area contributed by atoms with Gasteiger partial charge in [0.1, 0.15) is 0 Å². The molecule has 1 unspecified atom stereocenters. The Kier molecular flexibility index (Phi) is 4.18. The second-order valence-corrected chi connectivity index (χ2v) is 9.13. The van der Waals surface area contributed by atoms with Gasteiger partial charge in [0.15, 0.2) is 6.10 Å². The molecule has 0 aromatic heterocycles. The van der Waals surface area contributed by atoms with Gasteiger partial charge < -0.3 is 5.11 Å². The molecule has 0 saturated carbocycles. The lowest BCUT2D eigenvalue weighted by Crippen LogP contribution is -2.28. The summed E-state index contributed by atoms with van der Waals surface area (Å²) < 4.78 is 35.4. The van der Waals surface area contributed by atoms with Crippen molar-refractivity contribution in [2.45, 2.75) is 38.3 Å². The molecule has 1 N–H and O–H groups in total. The molecule has 0 fully saturated rings. The number of alkyl halides is 3. The van der Waals surface area contributed by atoms with Crippen molar-refractivity contribution in [2.75, 3.05) is 0 Å². The van der Waals surface area contributed by atoms with Crippen LogP contribution >= 0.6 is 0 Å². The van der Waals surface area contributed by atoms with Crippen molar-refractivity contribution in [1.82, 2.24) is 0 Å². The van der Waals surface area contributed by atoms with Crippen molar-refractivity contribution < 1.29 is 18.3 Å². The monoisotopic (exact) mass is 212 g/mol. The molecule has 78 valence electrons. The molecule has 0 amide bonds. The van der Waals surface area contributed by atoms with Crippen LogP contribution < -0.4 is 0 Å². The van der Waals surface area contributed by atoms with Gasteiger partial charge in [-0.2, -0.15) is 13.2 Å². The fourth-order valence-corrected chi connectivity index (χ4v) is 1.53. The van der Waals surface area contributed by atoms with Crippen molar-refractivity contribution in [1.29, 1.82) is 0 Å². The molecule has 0 aliphatic rings. The van der Waals surface area contributed by atoms with E-state index >= 15 is 0 Å². The molecule has 13 heavy (non-hydrogen) atoms. The zero-order valence-corrected chi connectivity index (χ0v) is 9.02. The Morgan fingerprint density at radius 3 is 2.08 bits per heavy atom. The van der Waals surface area contributed by atoms with E-state index < -0.39 is 20.4 Å². The fraction of sp³-hybridized carbons (Fsp3) is 0.750. The molecule has 0 heterocycles. The van der Waals surface area contributed by atoms with Gasteiger partial charge in [0.05, 0.1) is 8.07 Å². The quantitative estimate of drug-likeness (QED) is 0.713. The molecular formula is C8H15F3OSi. The van der Waals surface area contributed by atoms with Crippen LogP contribution in [0, 0.1) is 0 Å². The van der Waals surface area contributed by atoms with Gasteiger partial charge in [-0.1, -0.05) is 31.4 Å². The minimum atomic E-state index is -4.50. The second-order valence-electron chi connectivity index (χ2n) is 4.06. The van der Waals surface area contributed by atoms with E-state index in [9.17, 15) is 13.2 Å². The van der Waals surface area contributed by atoms with Gasteiger partial charge in [-0.25, -0.2) is 0 Å². The average molecular weight is 212 g/mol. The summed E-state index contributed by atoms with van der Waals surface area (Å²) in [6, 6.07) is 0. The van der Waals surface area contributed by atoms with Crippen LogP contribution in [0.1, 0.15) is 6.42 Å². The summed E-state index contributed by atoms with van der Waals surface area (Å²) in [4.78, 5) is 0. The lowest BCUT2D eigenvalue weighted by atomic mass is 10.2. The highest BCUT2D eigenvalue weighted by Gasteiger charge is 2.37. The minimum absolute atomic E-state index is 0.340. The van der Waals surface area contributed by atoms with Crippen LogP contribution in [0.3, 0.4) is 0 Å². The van der Waals surface area contributed by atoms with Crippen LogP contribution in [-0.2, 0) is 0 Å². The maximum atomic E-state index is 11.8. The van der Waals surface area contributed by atoms with E-state index in [1.807, 2.05) is 19.6 Å². The zero-order chi connectivity index (χ0) is 10.7. The standard InChI is InChI=1S/C8H15F3OSi/c1-13(2,3)6-4-5-7(12)8(9,10)11/h4,6-7,12H,5H2,1-3H3/b6-4-. The van der Waals surface area contributed by atoms with E-state index in [2.05, 4.69) is 0 Å². The molecule has 0 aliphatic carbocycles.